The van der Waals surface area contributed by atoms with Crippen LogP contribution in [0.1, 0.15) is 11.6 Å². The molecule has 5 heteroatoms. The van der Waals surface area contributed by atoms with Gasteiger partial charge in [-0.25, -0.2) is 8.78 Å². The lowest BCUT2D eigenvalue weighted by Gasteiger charge is -2.11. The third kappa shape index (κ3) is 1.93. The molecule has 0 amide bonds. The molecule has 0 spiro atoms. The highest BCUT2D eigenvalue weighted by molar-refractivity contribution is 5.36. The number of halogens is 2. The van der Waals surface area contributed by atoms with E-state index in [1.165, 1.54) is 0 Å². The Morgan fingerprint density at radius 2 is 2.00 bits per heavy atom. The van der Waals surface area contributed by atoms with Crippen LogP contribution in [0.3, 0.4) is 0 Å². The summed E-state index contributed by atoms with van der Waals surface area (Å²) in [5.41, 5.74) is 5.00. The zero-order valence-corrected chi connectivity index (χ0v) is 6.67. The first-order chi connectivity index (χ1) is 6.06. The molecule has 1 unspecified atom stereocenters. The van der Waals surface area contributed by atoms with Gasteiger partial charge >= 0.3 is 0 Å². The minimum Gasteiger partial charge on any atom is -0.507 e. The highest BCUT2D eigenvalue weighted by Crippen LogP contribution is 2.26. The molecule has 1 aromatic carbocycles. The summed E-state index contributed by atoms with van der Waals surface area (Å²) in [5, 5.41) is 17.7. The Hall–Kier alpha value is -1.20. The molecule has 13 heavy (non-hydrogen) atoms. The van der Waals surface area contributed by atoms with Crippen molar-refractivity contribution in [1.29, 1.82) is 0 Å². The molecule has 1 aromatic rings. The van der Waals surface area contributed by atoms with Crippen LogP contribution in [0.25, 0.3) is 0 Å². The van der Waals surface area contributed by atoms with Crippen LogP contribution in [0.15, 0.2) is 12.1 Å². The van der Waals surface area contributed by atoms with E-state index < -0.39 is 30.0 Å². The lowest BCUT2D eigenvalue weighted by Crippen LogP contribution is -2.16. The molecule has 4 N–H and O–H groups in total. The Morgan fingerprint density at radius 3 is 2.46 bits per heavy atom. The molecule has 0 bridgehead atoms. The minimum absolute atomic E-state index is 0.274. The first-order valence-corrected chi connectivity index (χ1v) is 3.60. The van der Waals surface area contributed by atoms with Gasteiger partial charge in [0.25, 0.3) is 0 Å². The number of aliphatic hydroxyl groups is 1. The standard InChI is InChI=1S/C8H9F2NO2/c9-4-1-5(10)8(6(11)3-12)7(13)2-4/h1-2,6,12-13H,3,11H2. The first-order valence-electron chi connectivity index (χ1n) is 3.60. The van der Waals surface area contributed by atoms with Gasteiger partial charge in [0, 0.05) is 17.7 Å². The molecule has 0 aromatic heterocycles. The lowest BCUT2D eigenvalue weighted by atomic mass is 10.1. The average molecular weight is 189 g/mol. The molecule has 0 aliphatic rings. The number of aromatic hydroxyl groups is 1. The second-order valence-corrected chi connectivity index (χ2v) is 2.61. The number of phenols is 1. The molecule has 0 radical (unpaired) electrons. The molecule has 0 saturated heterocycles. The molecule has 3 nitrogen and oxygen atoms in total. The maximum absolute atomic E-state index is 13.0. The van der Waals surface area contributed by atoms with Gasteiger partial charge in [0.05, 0.1) is 12.6 Å². The maximum atomic E-state index is 13.0. The Morgan fingerprint density at radius 1 is 1.38 bits per heavy atom. The number of aliphatic hydroxyl groups excluding tert-OH is 1. The SMILES string of the molecule is NC(CO)c1c(O)cc(F)cc1F. The fourth-order valence-electron chi connectivity index (χ4n) is 1.03. The monoisotopic (exact) mass is 189 g/mol. The van der Waals surface area contributed by atoms with Crippen molar-refractivity contribution in [3.05, 3.63) is 29.3 Å². The van der Waals surface area contributed by atoms with Crippen LogP contribution >= 0.6 is 0 Å². The van der Waals surface area contributed by atoms with Gasteiger partial charge in [-0.05, 0) is 0 Å². The van der Waals surface area contributed by atoms with Crippen molar-refractivity contribution in [2.45, 2.75) is 6.04 Å². The lowest BCUT2D eigenvalue weighted by molar-refractivity contribution is 0.262. The molecule has 0 fully saturated rings. The Bertz CT molecular complexity index is 294. The van der Waals surface area contributed by atoms with E-state index in [0.29, 0.717) is 6.07 Å². The molecular formula is C8H9F2NO2. The van der Waals surface area contributed by atoms with Gasteiger partial charge in [0.15, 0.2) is 0 Å². The van der Waals surface area contributed by atoms with Crippen molar-refractivity contribution >= 4 is 0 Å². The van der Waals surface area contributed by atoms with Gasteiger partial charge in [0.2, 0.25) is 0 Å². The highest BCUT2D eigenvalue weighted by Gasteiger charge is 2.16. The van der Waals surface area contributed by atoms with E-state index in [9.17, 15) is 8.78 Å². The van der Waals surface area contributed by atoms with Gasteiger partial charge in [-0.1, -0.05) is 0 Å². The number of phenolic OH excluding ortho intramolecular Hbond substituents is 1. The number of hydrogen-bond donors (Lipinski definition) is 3. The fourth-order valence-corrected chi connectivity index (χ4v) is 1.03. The summed E-state index contributed by atoms with van der Waals surface area (Å²) in [6.07, 6.45) is 0. The van der Waals surface area contributed by atoms with Crippen molar-refractivity contribution < 1.29 is 19.0 Å². The van der Waals surface area contributed by atoms with Crippen molar-refractivity contribution in [2.24, 2.45) is 5.73 Å². The molecular weight excluding hydrogens is 180 g/mol. The van der Waals surface area contributed by atoms with E-state index in [4.69, 9.17) is 15.9 Å². The predicted octanol–water partition coefficient (Wildman–Crippen LogP) is 0.663. The normalized spacial score (nSPS) is 12.9. The van der Waals surface area contributed by atoms with Crippen molar-refractivity contribution in [2.75, 3.05) is 6.61 Å². The molecule has 72 valence electrons. The van der Waals surface area contributed by atoms with Gasteiger partial charge in [-0.15, -0.1) is 0 Å². The van der Waals surface area contributed by atoms with E-state index >= 15 is 0 Å². The summed E-state index contributed by atoms with van der Waals surface area (Å²) in [6.45, 7) is -0.518. The summed E-state index contributed by atoms with van der Waals surface area (Å²) >= 11 is 0. The van der Waals surface area contributed by atoms with E-state index in [0.717, 1.165) is 6.07 Å². The number of rotatable bonds is 2. The second-order valence-electron chi connectivity index (χ2n) is 2.61. The van der Waals surface area contributed by atoms with Crippen LogP contribution in [0.4, 0.5) is 8.78 Å². The van der Waals surface area contributed by atoms with E-state index in [-0.39, 0.29) is 5.56 Å². The zero-order chi connectivity index (χ0) is 10.0. The summed E-state index contributed by atoms with van der Waals surface area (Å²) in [4.78, 5) is 0. The third-order valence-electron chi connectivity index (χ3n) is 1.64. The molecule has 0 saturated carbocycles. The predicted molar refractivity (Wildman–Crippen MR) is 42.0 cm³/mol. The van der Waals surface area contributed by atoms with Gasteiger partial charge in [-0.3, -0.25) is 0 Å². The summed E-state index contributed by atoms with van der Waals surface area (Å²) in [6, 6.07) is 0.305. The Balaban J connectivity index is 3.20. The Kier molecular flexibility index (Phi) is 2.79. The topological polar surface area (TPSA) is 66.5 Å². The number of benzene rings is 1. The second kappa shape index (κ2) is 3.68. The van der Waals surface area contributed by atoms with E-state index in [1.807, 2.05) is 0 Å². The Labute approximate surface area is 73.4 Å². The van der Waals surface area contributed by atoms with Crippen LogP contribution in [0.5, 0.6) is 5.75 Å². The first kappa shape index (κ1) is 9.88. The molecule has 0 aliphatic carbocycles. The van der Waals surface area contributed by atoms with Gasteiger partial charge in [0.1, 0.15) is 17.4 Å². The van der Waals surface area contributed by atoms with Gasteiger partial charge < -0.3 is 15.9 Å². The summed E-state index contributed by atoms with van der Waals surface area (Å²) < 4.78 is 25.4. The minimum atomic E-state index is -1.04. The van der Waals surface area contributed by atoms with Crippen LogP contribution in [0, 0.1) is 11.6 Å². The highest BCUT2D eigenvalue weighted by atomic mass is 19.1. The van der Waals surface area contributed by atoms with Crippen LogP contribution in [-0.4, -0.2) is 16.8 Å². The fraction of sp³-hybridized carbons (Fsp3) is 0.250. The summed E-state index contributed by atoms with van der Waals surface area (Å²) in [5.74, 6) is -2.43. The van der Waals surface area contributed by atoms with Crippen LogP contribution < -0.4 is 5.73 Å². The van der Waals surface area contributed by atoms with Crippen molar-refractivity contribution in [3.8, 4) is 5.75 Å². The smallest absolute Gasteiger partial charge is 0.134 e. The van der Waals surface area contributed by atoms with Crippen molar-refractivity contribution in [1.82, 2.24) is 0 Å². The molecule has 0 aliphatic heterocycles. The van der Waals surface area contributed by atoms with Crippen molar-refractivity contribution in [3.63, 3.8) is 0 Å². The van der Waals surface area contributed by atoms with E-state index in [1.54, 1.807) is 0 Å². The quantitative estimate of drug-likeness (QED) is 0.640. The van der Waals surface area contributed by atoms with E-state index in [2.05, 4.69) is 0 Å². The van der Waals surface area contributed by atoms with Gasteiger partial charge in [-0.2, -0.15) is 0 Å². The zero-order valence-electron chi connectivity index (χ0n) is 6.67. The molecule has 1 rings (SSSR count). The largest absolute Gasteiger partial charge is 0.507 e. The van der Waals surface area contributed by atoms with Crippen LogP contribution in [0.2, 0.25) is 0 Å². The number of hydrogen-bond acceptors (Lipinski definition) is 3. The summed E-state index contributed by atoms with van der Waals surface area (Å²) in [7, 11) is 0. The molecule has 0 heterocycles. The maximum Gasteiger partial charge on any atom is 0.134 e. The average Bonchev–Trinajstić information content (AvgIpc) is 2.02. The molecule has 1 atom stereocenters. The van der Waals surface area contributed by atoms with Crippen LogP contribution in [-0.2, 0) is 0 Å². The number of nitrogens with two attached hydrogens (primary N) is 1. The third-order valence-corrected chi connectivity index (χ3v) is 1.64.